The van der Waals surface area contributed by atoms with Crippen molar-refractivity contribution in [1.82, 2.24) is 9.55 Å². The molecule has 0 saturated heterocycles. The Morgan fingerprint density at radius 3 is 1.34 bits per heavy atom. The van der Waals surface area contributed by atoms with Gasteiger partial charge in [-0.1, -0.05) is 193 Å². The first-order chi connectivity index (χ1) is 21.8. The maximum Gasteiger partial charge on any atom is 0.241 e. The van der Waals surface area contributed by atoms with Crippen LogP contribution in [-0.2, 0) is 5.16 Å². The van der Waals surface area contributed by atoms with Gasteiger partial charge in [0.15, 0.2) is 0 Å². The predicted octanol–water partition coefficient (Wildman–Crippen LogP) is 6.71. The molecule has 0 amide bonds. The van der Waals surface area contributed by atoms with Crippen molar-refractivity contribution in [2.45, 2.75) is 31.9 Å². The van der Waals surface area contributed by atoms with Crippen LogP contribution in [0, 0.1) is 0 Å². The van der Waals surface area contributed by atoms with E-state index in [9.17, 15) is 0 Å². The average Bonchev–Trinajstić information content (AvgIpc) is 3.65. The maximum atomic E-state index is 4.37. The normalized spacial score (nSPS) is 11.0. The molecule has 0 saturated carbocycles. The van der Waals surface area contributed by atoms with Crippen molar-refractivity contribution < 1.29 is 0 Å². The molecular weight excluding hydrogens is 547 g/mol. The van der Waals surface area contributed by atoms with Crippen molar-refractivity contribution in [3.63, 3.8) is 0 Å². The number of benzene rings is 5. The number of nitrogens with zero attached hydrogens (tertiary/aromatic N) is 2. The number of hydrogen-bond acceptors (Lipinski definition) is 1. The summed E-state index contributed by atoms with van der Waals surface area (Å²) < 4.78 is 2.31. The highest BCUT2D eigenvalue weighted by Crippen LogP contribution is 2.34. The second kappa shape index (κ2) is 15.7. The molecule has 1 aromatic heterocycles. The lowest BCUT2D eigenvalue weighted by molar-refractivity contribution is 0.596. The molecule has 0 bridgehead atoms. The largest absolute Gasteiger partial charge is 0.326 e. The lowest BCUT2D eigenvalue weighted by atomic mass is 9.37. The number of allylic oxidation sites excluding steroid dienone is 1. The highest BCUT2D eigenvalue weighted by molar-refractivity contribution is 6.95. The smallest absolute Gasteiger partial charge is 0.241 e. The van der Waals surface area contributed by atoms with E-state index in [1.165, 1.54) is 27.5 Å². The molecule has 0 aliphatic heterocycles. The first-order valence-corrected chi connectivity index (χ1v) is 17.2. The van der Waals surface area contributed by atoms with Gasteiger partial charge in [-0.3, -0.25) is 0 Å². The summed E-state index contributed by atoms with van der Waals surface area (Å²) in [5.41, 5.74) is 10.8. The molecule has 2 nitrogen and oxygen atoms in total. The molecule has 0 spiro atoms. The third kappa shape index (κ3) is 7.27. The van der Waals surface area contributed by atoms with Crippen molar-refractivity contribution in [1.29, 1.82) is 0 Å². The van der Waals surface area contributed by atoms with E-state index in [-0.39, 0.29) is 5.16 Å². The fourth-order valence-electron chi connectivity index (χ4n) is 6.06. The lowest BCUT2D eigenvalue weighted by Crippen LogP contribution is -2.51. The summed E-state index contributed by atoms with van der Waals surface area (Å²) in [5, 5.41) is -0.144. The second-order valence-corrected chi connectivity index (χ2v) is 12.8. The Kier molecular flexibility index (Phi) is 11.0. The van der Waals surface area contributed by atoms with E-state index in [1.807, 2.05) is 12.5 Å². The van der Waals surface area contributed by atoms with E-state index in [4.69, 9.17) is 0 Å². The van der Waals surface area contributed by atoms with Crippen molar-refractivity contribution in [3.05, 3.63) is 193 Å². The zero-order chi connectivity index (χ0) is 30.5. The SMILES string of the molecule is CCC(=C[SiH2]C(c1ccccc1)(c1ccccc1)n1ccnc1)CC.c1ccc(B(c2ccccc2)c2ccccc2)cc1. The van der Waals surface area contributed by atoms with Gasteiger partial charge in [0.2, 0.25) is 6.71 Å². The van der Waals surface area contributed by atoms with E-state index in [0.717, 1.165) is 12.8 Å². The van der Waals surface area contributed by atoms with Crippen molar-refractivity contribution in [2.75, 3.05) is 0 Å². The van der Waals surface area contributed by atoms with E-state index < -0.39 is 9.52 Å². The molecule has 0 radical (unpaired) electrons. The van der Waals surface area contributed by atoms with Gasteiger partial charge < -0.3 is 4.57 Å². The second-order valence-electron chi connectivity index (χ2n) is 11.0. The van der Waals surface area contributed by atoms with Crippen LogP contribution in [0.4, 0.5) is 0 Å². The van der Waals surface area contributed by atoms with E-state index in [1.54, 1.807) is 5.57 Å². The first-order valence-electron chi connectivity index (χ1n) is 15.7. The van der Waals surface area contributed by atoms with Gasteiger partial charge in [0.05, 0.1) is 21.0 Å². The molecule has 5 aromatic carbocycles. The Bertz CT molecular complexity index is 1530. The summed E-state index contributed by atoms with van der Waals surface area (Å²) in [4.78, 5) is 4.37. The first kappa shape index (κ1) is 30.8. The molecule has 6 rings (SSSR count). The summed E-state index contributed by atoms with van der Waals surface area (Å²) in [7, 11) is -0.656. The highest BCUT2D eigenvalue weighted by atomic mass is 28.2. The Morgan fingerprint density at radius 2 is 1.00 bits per heavy atom. The minimum Gasteiger partial charge on any atom is -0.326 e. The summed E-state index contributed by atoms with van der Waals surface area (Å²) >= 11 is 0. The Morgan fingerprint density at radius 1 is 0.614 bits per heavy atom. The Balaban J connectivity index is 0.000000181. The molecule has 0 atom stereocenters. The molecule has 6 aromatic rings. The van der Waals surface area contributed by atoms with Crippen LogP contribution >= 0.6 is 0 Å². The summed E-state index contributed by atoms with van der Waals surface area (Å²) in [5.74, 6) is 0. The number of rotatable bonds is 10. The molecule has 4 heteroatoms. The van der Waals surface area contributed by atoms with Crippen molar-refractivity contribution in [2.24, 2.45) is 0 Å². The van der Waals surface area contributed by atoms with Crippen LogP contribution in [0.15, 0.2) is 182 Å². The molecular formula is C40H41BN2Si. The van der Waals surface area contributed by atoms with Crippen LogP contribution in [0.5, 0.6) is 0 Å². The summed E-state index contributed by atoms with van der Waals surface area (Å²) in [6.45, 7) is 4.82. The zero-order valence-corrected chi connectivity index (χ0v) is 27.3. The van der Waals surface area contributed by atoms with E-state index >= 15 is 0 Å². The number of imidazole rings is 1. The lowest BCUT2D eigenvalue weighted by Gasteiger charge is -2.36. The molecule has 0 aliphatic carbocycles. The van der Waals surface area contributed by atoms with E-state index in [0.29, 0.717) is 6.71 Å². The maximum absolute atomic E-state index is 4.37. The van der Waals surface area contributed by atoms with Gasteiger partial charge in [-0.15, -0.1) is 0 Å². The van der Waals surface area contributed by atoms with Gasteiger partial charge in [0.1, 0.15) is 0 Å². The van der Waals surface area contributed by atoms with Crippen LogP contribution in [0.2, 0.25) is 0 Å². The van der Waals surface area contributed by atoms with Gasteiger partial charge in [-0.05, 0) is 24.0 Å². The molecule has 0 unspecified atom stereocenters. The van der Waals surface area contributed by atoms with Gasteiger partial charge in [0, 0.05) is 12.4 Å². The Hall–Kier alpha value is -4.67. The van der Waals surface area contributed by atoms with Crippen molar-refractivity contribution in [3.8, 4) is 0 Å². The summed E-state index contributed by atoms with van der Waals surface area (Å²) in [6, 6.07) is 53.8. The van der Waals surface area contributed by atoms with Crippen LogP contribution in [-0.4, -0.2) is 25.8 Å². The minimum atomic E-state index is -0.656. The fourth-order valence-corrected chi connectivity index (χ4v) is 8.57. The Labute approximate surface area is 266 Å². The number of aromatic nitrogens is 2. The third-order valence-electron chi connectivity index (χ3n) is 8.44. The molecule has 218 valence electrons. The van der Waals surface area contributed by atoms with E-state index in [2.05, 4.69) is 187 Å². The molecule has 0 N–H and O–H groups in total. The minimum absolute atomic E-state index is 0.144. The van der Waals surface area contributed by atoms with Crippen molar-refractivity contribution >= 4 is 32.6 Å². The van der Waals surface area contributed by atoms with Crippen LogP contribution in [0.1, 0.15) is 37.8 Å². The zero-order valence-electron chi connectivity index (χ0n) is 25.8. The van der Waals surface area contributed by atoms with Crippen LogP contribution < -0.4 is 16.4 Å². The van der Waals surface area contributed by atoms with Crippen LogP contribution in [0.25, 0.3) is 0 Å². The fraction of sp³-hybridized carbons (Fsp3) is 0.125. The van der Waals surface area contributed by atoms with Gasteiger partial charge in [0.25, 0.3) is 0 Å². The van der Waals surface area contributed by atoms with Gasteiger partial charge in [-0.25, -0.2) is 4.98 Å². The van der Waals surface area contributed by atoms with Crippen LogP contribution in [0.3, 0.4) is 0 Å². The van der Waals surface area contributed by atoms with Gasteiger partial charge in [-0.2, -0.15) is 0 Å². The third-order valence-corrected chi connectivity index (χ3v) is 11.0. The topological polar surface area (TPSA) is 17.8 Å². The average molecular weight is 589 g/mol. The quantitative estimate of drug-likeness (QED) is 0.163. The standard InChI is InChI=1S/C22H26N2Si.C18H15B/c1-3-19(4-2)17-25-22(24-16-15-23-18-24,20-11-7-5-8-12-20)21-13-9-6-10-14-21;1-4-10-16(11-5-1)19(17-12-6-2-7-13-17)18-14-8-3-9-15-18/h5-18H,3-4,25H2,1-2H3;1-15H. The highest BCUT2D eigenvalue weighted by Gasteiger charge is 2.35. The molecule has 0 fully saturated rings. The molecule has 0 aliphatic rings. The monoisotopic (exact) mass is 588 g/mol. The molecule has 44 heavy (non-hydrogen) atoms. The number of hydrogen-bond donors (Lipinski definition) is 0. The summed E-state index contributed by atoms with van der Waals surface area (Å²) in [6.07, 6.45) is 8.23. The predicted molar refractivity (Wildman–Crippen MR) is 192 cm³/mol. The molecule has 1 heterocycles. The van der Waals surface area contributed by atoms with Gasteiger partial charge >= 0.3 is 0 Å².